The van der Waals surface area contributed by atoms with Crippen molar-refractivity contribution in [3.8, 4) is 11.5 Å². The second-order valence-electron chi connectivity index (χ2n) is 7.11. The second-order valence-corrected chi connectivity index (χ2v) is 7.11. The summed E-state index contributed by atoms with van der Waals surface area (Å²) in [6.45, 7) is 2.19. The van der Waals surface area contributed by atoms with Crippen molar-refractivity contribution >= 4 is 11.6 Å². The number of likely N-dealkylation sites (N-methyl/N-ethyl adjacent to an activating group) is 1. The molecule has 0 radical (unpaired) electrons. The van der Waals surface area contributed by atoms with E-state index in [1.807, 2.05) is 12.1 Å². The van der Waals surface area contributed by atoms with Crippen LogP contribution in [0.15, 0.2) is 36.4 Å². The number of hydrogen-bond donors (Lipinski definition) is 0. The number of ether oxygens (including phenoxy) is 2. The Morgan fingerprint density at radius 3 is 2.34 bits per heavy atom. The molecule has 29 heavy (non-hydrogen) atoms. The number of carbonyl (C=O) groups excluding carboxylic acids is 1. The number of nitro groups is 1. The zero-order valence-corrected chi connectivity index (χ0v) is 16.9. The molecule has 1 amide bonds. The van der Waals surface area contributed by atoms with E-state index in [2.05, 4.69) is 4.90 Å². The van der Waals surface area contributed by atoms with Crippen LogP contribution in [-0.4, -0.2) is 55.0 Å². The Morgan fingerprint density at radius 1 is 1.14 bits per heavy atom. The third kappa shape index (κ3) is 4.83. The van der Waals surface area contributed by atoms with E-state index in [9.17, 15) is 14.9 Å². The Kier molecular flexibility index (Phi) is 6.33. The first kappa shape index (κ1) is 20.6. The van der Waals surface area contributed by atoms with Gasteiger partial charge in [0.2, 0.25) is 5.91 Å². The highest BCUT2D eigenvalue weighted by Crippen LogP contribution is 2.33. The Morgan fingerprint density at radius 2 is 1.76 bits per heavy atom. The first-order chi connectivity index (χ1) is 13.9. The van der Waals surface area contributed by atoms with Crippen molar-refractivity contribution in [3.63, 3.8) is 0 Å². The lowest BCUT2D eigenvalue weighted by Gasteiger charge is -2.30. The minimum absolute atomic E-state index is 0.00674. The fraction of sp³-hybridized carbons (Fsp3) is 0.381. The summed E-state index contributed by atoms with van der Waals surface area (Å²) < 4.78 is 10.8. The first-order valence-corrected chi connectivity index (χ1v) is 9.34. The SMILES string of the molecule is COc1cc2c(cc1OC)CN(CC(=O)N(C)Cc1ccc([N+](=O)[O-])cc1)CC2. The number of carbonyl (C=O) groups is 1. The van der Waals surface area contributed by atoms with Crippen LogP contribution >= 0.6 is 0 Å². The van der Waals surface area contributed by atoms with E-state index in [0.29, 0.717) is 25.4 Å². The molecule has 0 bridgehead atoms. The van der Waals surface area contributed by atoms with Crippen LogP contribution in [0.3, 0.4) is 0 Å². The number of benzene rings is 2. The number of hydrogen-bond acceptors (Lipinski definition) is 6. The Labute approximate surface area is 169 Å². The Hall–Kier alpha value is -3.13. The molecule has 0 unspecified atom stereocenters. The molecule has 8 heteroatoms. The van der Waals surface area contributed by atoms with Crippen LogP contribution in [0.4, 0.5) is 5.69 Å². The van der Waals surface area contributed by atoms with Gasteiger partial charge in [-0.2, -0.15) is 0 Å². The van der Waals surface area contributed by atoms with Gasteiger partial charge in [0.1, 0.15) is 0 Å². The molecule has 3 rings (SSSR count). The molecule has 0 aliphatic carbocycles. The zero-order chi connectivity index (χ0) is 21.0. The molecule has 8 nitrogen and oxygen atoms in total. The van der Waals surface area contributed by atoms with Gasteiger partial charge in [-0.15, -0.1) is 0 Å². The fourth-order valence-electron chi connectivity index (χ4n) is 3.47. The van der Waals surface area contributed by atoms with E-state index >= 15 is 0 Å². The topological polar surface area (TPSA) is 85.2 Å². The van der Waals surface area contributed by atoms with Gasteiger partial charge in [-0.05, 0) is 35.2 Å². The number of fused-ring (bicyclic) bond motifs is 1. The van der Waals surface area contributed by atoms with Crippen molar-refractivity contribution in [1.29, 1.82) is 0 Å². The monoisotopic (exact) mass is 399 g/mol. The second kappa shape index (κ2) is 8.91. The molecular weight excluding hydrogens is 374 g/mol. The van der Waals surface area contributed by atoms with Crippen LogP contribution < -0.4 is 9.47 Å². The van der Waals surface area contributed by atoms with Crippen LogP contribution in [0.5, 0.6) is 11.5 Å². The summed E-state index contributed by atoms with van der Waals surface area (Å²) in [7, 11) is 4.98. The summed E-state index contributed by atoms with van der Waals surface area (Å²) in [6.07, 6.45) is 0.842. The average molecular weight is 399 g/mol. The van der Waals surface area contributed by atoms with Crippen LogP contribution in [-0.2, 0) is 24.3 Å². The van der Waals surface area contributed by atoms with Gasteiger partial charge in [0.05, 0.1) is 25.7 Å². The van der Waals surface area contributed by atoms with Gasteiger partial charge in [-0.1, -0.05) is 12.1 Å². The van der Waals surface area contributed by atoms with E-state index in [0.717, 1.165) is 29.8 Å². The average Bonchev–Trinajstić information content (AvgIpc) is 2.72. The van der Waals surface area contributed by atoms with Gasteiger partial charge in [-0.25, -0.2) is 0 Å². The van der Waals surface area contributed by atoms with Crippen molar-refractivity contribution < 1.29 is 19.2 Å². The maximum absolute atomic E-state index is 12.7. The minimum atomic E-state index is -0.433. The fourth-order valence-corrected chi connectivity index (χ4v) is 3.47. The lowest BCUT2D eigenvalue weighted by Crippen LogP contribution is -2.40. The number of non-ortho nitro benzene ring substituents is 1. The van der Waals surface area contributed by atoms with E-state index < -0.39 is 4.92 Å². The van der Waals surface area contributed by atoms with Gasteiger partial charge in [0, 0.05) is 38.8 Å². The molecule has 0 saturated carbocycles. The third-order valence-corrected chi connectivity index (χ3v) is 5.15. The molecule has 0 spiro atoms. The van der Waals surface area contributed by atoms with Crippen molar-refractivity contribution in [3.05, 3.63) is 63.2 Å². The molecule has 0 saturated heterocycles. The van der Waals surface area contributed by atoms with Crippen molar-refractivity contribution in [1.82, 2.24) is 9.80 Å². The first-order valence-electron chi connectivity index (χ1n) is 9.34. The molecule has 1 aliphatic heterocycles. The molecule has 2 aromatic carbocycles. The Bertz CT molecular complexity index is 898. The largest absolute Gasteiger partial charge is 0.493 e. The molecule has 2 aromatic rings. The zero-order valence-electron chi connectivity index (χ0n) is 16.9. The molecule has 0 aromatic heterocycles. The number of nitrogens with zero attached hydrogens (tertiary/aromatic N) is 3. The number of amides is 1. The van der Waals surface area contributed by atoms with Crippen molar-refractivity contribution in [2.45, 2.75) is 19.5 Å². The van der Waals surface area contributed by atoms with Gasteiger partial charge < -0.3 is 14.4 Å². The van der Waals surface area contributed by atoms with Gasteiger partial charge in [0.25, 0.3) is 5.69 Å². The summed E-state index contributed by atoms with van der Waals surface area (Å²) in [6, 6.07) is 10.3. The number of nitro benzene ring substituents is 1. The van der Waals surface area contributed by atoms with Crippen LogP contribution in [0.2, 0.25) is 0 Å². The summed E-state index contributed by atoms with van der Waals surface area (Å²) in [4.78, 5) is 26.7. The van der Waals surface area contributed by atoms with Crippen molar-refractivity contribution in [2.24, 2.45) is 0 Å². The molecular formula is C21H25N3O5. The summed E-state index contributed by atoms with van der Waals surface area (Å²) in [5.74, 6) is 1.42. The summed E-state index contributed by atoms with van der Waals surface area (Å²) >= 11 is 0. The third-order valence-electron chi connectivity index (χ3n) is 5.15. The predicted molar refractivity (Wildman–Crippen MR) is 108 cm³/mol. The molecule has 0 atom stereocenters. The van der Waals surface area contributed by atoms with E-state index in [4.69, 9.17) is 9.47 Å². The molecule has 1 aliphatic rings. The van der Waals surface area contributed by atoms with E-state index in [1.165, 1.54) is 17.7 Å². The van der Waals surface area contributed by atoms with E-state index in [1.54, 1.807) is 38.3 Å². The Balaban J connectivity index is 1.60. The van der Waals surface area contributed by atoms with Crippen LogP contribution in [0.25, 0.3) is 0 Å². The highest BCUT2D eigenvalue weighted by atomic mass is 16.6. The number of rotatable bonds is 7. The van der Waals surface area contributed by atoms with E-state index in [-0.39, 0.29) is 11.6 Å². The van der Waals surface area contributed by atoms with Gasteiger partial charge in [0.15, 0.2) is 11.5 Å². The summed E-state index contributed by atoms with van der Waals surface area (Å²) in [5, 5.41) is 10.7. The molecule has 0 fully saturated rings. The van der Waals surface area contributed by atoms with Crippen molar-refractivity contribution in [2.75, 3.05) is 34.4 Å². The maximum Gasteiger partial charge on any atom is 0.269 e. The lowest BCUT2D eigenvalue weighted by atomic mass is 9.99. The normalized spacial score (nSPS) is 13.5. The summed E-state index contributed by atoms with van der Waals surface area (Å²) in [5.41, 5.74) is 3.25. The molecule has 154 valence electrons. The highest BCUT2D eigenvalue weighted by Gasteiger charge is 2.22. The minimum Gasteiger partial charge on any atom is -0.493 e. The molecule has 1 heterocycles. The predicted octanol–water partition coefficient (Wildman–Crippen LogP) is 2.63. The smallest absolute Gasteiger partial charge is 0.269 e. The van der Waals surface area contributed by atoms with Crippen LogP contribution in [0.1, 0.15) is 16.7 Å². The van der Waals surface area contributed by atoms with Gasteiger partial charge >= 0.3 is 0 Å². The lowest BCUT2D eigenvalue weighted by molar-refractivity contribution is -0.384. The van der Waals surface area contributed by atoms with Crippen LogP contribution in [0, 0.1) is 10.1 Å². The number of methoxy groups -OCH3 is 2. The van der Waals surface area contributed by atoms with Gasteiger partial charge in [-0.3, -0.25) is 19.8 Å². The highest BCUT2D eigenvalue weighted by molar-refractivity contribution is 5.78. The molecule has 0 N–H and O–H groups in total. The maximum atomic E-state index is 12.7. The standard InChI is InChI=1S/C21H25N3O5/c1-22(12-15-4-6-18(7-5-15)24(26)27)21(25)14-23-9-8-16-10-19(28-2)20(29-3)11-17(16)13-23/h4-7,10-11H,8-9,12-14H2,1-3H3. The quantitative estimate of drug-likeness (QED) is 0.526.